The van der Waals surface area contributed by atoms with Crippen molar-refractivity contribution in [3.8, 4) is 0 Å². The van der Waals surface area contributed by atoms with Gasteiger partial charge in [0.2, 0.25) is 5.91 Å². The van der Waals surface area contributed by atoms with Crippen molar-refractivity contribution in [2.75, 3.05) is 13.1 Å². The lowest BCUT2D eigenvalue weighted by Crippen LogP contribution is -2.38. The predicted octanol–water partition coefficient (Wildman–Crippen LogP) is 2.13. The minimum Gasteiger partial charge on any atom is -0.338 e. The van der Waals surface area contributed by atoms with E-state index < -0.39 is 0 Å². The Morgan fingerprint density at radius 3 is 2.88 bits per heavy atom. The normalized spacial score (nSPS) is 20.1. The zero-order chi connectivity index (χ0) is 12.3. The Morgan fingerprint density at radius 1 is 1.53 bits per heavy atom. The number of hydrogen-bond acceptors (Lipinski definition) is 3. The maximum absolute atomic E-state index is 11.6. The minimum absolute atomic E-state index is 0.00758. The van der Waals surface area contributed by atoms with Crippen LogP contribution in [0.15, 0.2) is 29.5 Å². The van der Waals surface area contributed by atoms with Crippen LogP contribution in [-0.4, -0.2) is 33.9 Å². The summed E-state index contributed by atoms with van der Waals surface area (Å²) in [5.41, 5.74) is 0. The number of hydrogen-bond donors (Lipinski definition) is 0. The van der Waals surface area contributed by atoms with E-state index in [-0.39, 0.29) is 11.8 Å². The van der Waals surface area contributed by atoms with Crippen LogP contribution in [0, 0.1) is 0 Å². The summed E-state index contributed by atoms with van der Waals surface area (Å²) in [6.07, 6.45) is 6.88. The lowest BCUT2D eigenvalue weighted by atomic mass is 9.97. The van der Waals surface area contributed by atoms with Crippen LogP contribution >= 0.6 is 15.9 Å². The van der Waals surface area contributed by atoms with E-state index in [1.807, 2.05) is 4.90 Å². The predicted molar refractivity (Wildman–Crippen MR) is 68.5 cm³/mol. The SMILES string of the molecule is C=CC(=O)N1CCCC(c2ncc(Br)cn2)C1. The zero-order valence-electron chi connectivity index (χ0n) is 9.47. The van der Waals surface area contributed by atoms with Gasteiger partial charge in [-0.25, -0.2) is 9.97 Å². The van der Waals surface area contributed by atoms with Gasteiger partial charge in [0.25, 0.3) is 0 Å². The van der Waals surface area contributed by atoms with Crippen molar-refractivity contribution >= 4 is 21.8 Å². The molecule has 0 radical (unpaired) electrons. The number of amides is 1. The van der Waals surface area contributed by atoms with Gasteiger partial charge in [-0.2, -0.15) is 0 Å². The fraction of sp³-hybridized carbons (Fsp3) is 0.417. The van der Waals surface area contributed by atoms with E-state index in [1.54, 1.807) is 12.4 Å². The fourth-order valence-electron chi connectivity index (χ4n) is 2.05. The van der Waals surface area contributed by atoms with Gasteiger partial charge < -0.3 is 4.90 Å². The number of carbonyl (C=O) groups excluding carboxylic acids is 1. The molecule has 17 heavy (non-hydrogen) atoms. The molecule has 0 aliphatic carbocycles. The second-order valence-corrected chi connectivity index (χ2v) is 5.00. The number of nitrogens with zero attached hydrogens (tertiary/aromatic N) is 3. The van der Waals surface area contributed by atoms with Crippen molar-refractivity contribution in [3.05, 3.63) is 35.3 Å². The van der Waals surface area contributed by atoms with Gasteiger partial charge in [-0.3, -0.25) is 4.79 Å². The van der Waals surface area contributed by atoms with Crippen molar-refractivity contribution in [1.29, 1.82) is 0 Å². The lowest BCUT2D eigenvalue weighted by molar-refractivity contribution is -0.127. The Morgan fingerprint density at radius 2 is 2.24 bits per heavy atom. The van der Waals surface area contributed by atoms with Gasteiger partial charge >= 0.3 is 0 Å². The molecule has 1 saturated heterocycles. The first kappa shape index (κ1) is 12.2. The molecule has 1 fully saturated rings. The summed E-state index contributed by atoms with van der Waals surface area (Å²) in [5, 5.41) is 0. The highest BCUT2D eigenvalue weighted by molar-refractivity contribution is 9.10. The third-order valence-corrected chi connectivity index (χ3v) is 3.32. The van der Waals surface area contributed by atoms with Gasteiger partial charge in [-0.1, -0.05) is 6.58 Å². The quantitative estimate of drug-likeness (QED) is 0.785. The first-order chi connectivity index (χ1) is 8.20. The van der Waals surface area contributed by atoms with E-state index in [2.05, 4.69) is 32.5 Å². The molecule has 1 amide bonds. The second-order valence-electron chi connectivity index (χ2n) is 4.09. The smallest absolute Gasteiger partial charge is 0.245 e. The first-order valence-electron chi connectivity index (χ1n) is 5.59. The number of likely N-dealkylation sites (tertiary alicyclic amines) is 1. The molecule has 1 aromatic heterocycles. The zero-order valence-corrected chi connectivity index (χ0v) is 11.1. The van der Waals surface area contributed by atoms with Crippen molar-refractivity contribution in [2.24, 2.45) is 0 Å². The standard InChI is InChI=1S/C12H14BrN3O/c1-2-11(17)16-5-3-4-9(8-16)12-14-6-10(13)7-15-12/h2,6-7,9H,1,3-5,8H2. The number of aromatic nitrogens is 2. The Labute approximate surface area is 109 Å². The van der Waals surface area contributed by atoms with Gasteiger partial charge in [-0.15, -0.1) is 0 Å². The molecule has 1 aliphatic rings. The molecule has 1 aromatic rings. The molecule has 2 rings (SSSR count). The average molecular weight is 296 g/mol. The largest absolute Gasteiger partial charge is 0.338 e. The number of halogens is 1. The van der Waals surface area contributed by atoms with Crippen LogP contribution in [0.25, 0.3) is 0 Å². The molecule has 1 atom stereocenters. The lowest BCUT2D eigenvalue weighted by Gasteiger charge is -2.31. The molecule has 90 valence electrons. The first-order valence-corrected chi connectivity index (χ1v) is 6.39. The van der Waals surface area contributed by atoms with Gasteiger partial charge in [0, 0.05) is 31.4 Å². The molecular weight excluding hydrogens is 282 g/mol. The summed E-state index contributed by atoms with van der Waals surface area (Å²) in [7, 11) is 0. The highest BCUT2D eigenvalue weighted by atomic mass is 79.9. The van der Waals surface area contributed by atoms with Crippen LogP contribution < -0.4 is 0 Å². The molecule has 0 spiro atoms. The Bertz CT molecular complexity index is 418. The maximum atomic E-state index is 11.6. The van der Waals surface area contributed by atoms with Crippen molar-refractivity contribution in [3.63, 3.8) is 0 Å². The molecule has 2 heterocycles. The molecule has 0 bridgehead atoms. The van der Waals surface area contributed by atoms with Crippen molar-refractivity contribution < 1.29 is 4.79 Å². The molecule has 0 N–H and O–H groups in total. The van der Waals surface area contributed by atoms with Gasteiger partial charge in [-0.05, 0) is 34.8 Å². The van der Waals surface area contributed by atoms with E-state index in [0.717, 1.165) is 29.7 Å². The molecule has 0 saturated carbocycles. The van der Waals surface area contributed by atoms with Crippen LogP contribution in [0.1, 0.15) is 24.6 Å². The Kier molecular flexibility index (Phi) is 3.89. The number of carbonyl (C=O) groups is 1. The van der Waals surface area contributed by atoms with E-state index in [9.17, 15) is 4.79 Å². The fourth-order valence-corrected chi connectivity index (χ4v) is 2.26. The van der Waals surface area contributed by atoms with E-state index in [1.165, 1.54) is 6.08 Å². The average Bonchev–Trinajstić information content (AvgIpc) is 2.39. The van der Waals surface area contributed by atoms with Crippen LogP contribution in [-0.2, 0) is 4.79 Å². The van der Waals surface area contributed by atoms with Gasteiger partial charge in [0.05, 0.1) is 4.47 Å². The summed E-state index contributed by atoms with van der Waals surface area (Å²) < 4.78 is 0.871. The van der Waals surface area contributed by atoms with Crippen molar-refractivity contribution in [1.82, 2.24) is 14.9 Å². The topological polar surface area (TPSA) is 46.1 Å². The van der Waals surface area contributed by atoms with Crippen molar-refractivity contribution in [2.45, 2.75) is 18.8 Å². The molecule has 0 aromatic carbocycles. The number of piperidine rings is 1. The summed E-state index contributed by atoms with van der Waals surface area (Å²) in [4.78, 5) is 22.0. The van der Waals surface area contributed by atoms with Gasteiger partial charge in [0.1, 0.15) is 5.82 Å². The molecule has 1 unspecified atom stereocenters. The highest BCUT2D eigenvalue weighted by Gasteiger charge is 2.25. The second kappa shape index (κ2) is 5.40. The summed E-state index contributed by atoms with van der Waals surface area (Å²) in [5.74, 6) is 1.04. The van der Waals surface area contributed by atoms with Gasteiger partial charge in [0.15, 0.2) is 0 Å². The molecular formula is C12H14BrN3O. The van der Waals surface area contributed by atoms with Crippen LogP contribution in [0.5, 0.6) is 0 Å². The summed E-state index contributed by atoms with van der Waals surface area (Å²) >= 11 is 3.31. The third-order valence-electron chi connectivity index (χ3n) is 2.91. The highest BCUT2D eigenvalue weighted by Crippen LogP contribution is 2.24. The number of rotatable bonds is 2. The summed E-state index contributed by atoms with van der Waals surface area (Å²) in [6, 6.07) is 0. The maximum Gasteiger partial charge on any atom is 0.245 e. The molecule has 5 heteroatoms. The molecule has 4 nitrogen and oxygen atoms in total. The van der Waals surface area contributed by atoms with Crippen LogP contribution in [0.4, 0.5) is 0 Å². The minimum atomic E-state index is -0.00758. The van der Waals surface area contributed by atoms with E-state index in [0.29, 0.717) is 6.54 Å². The third kappa shape index (κ3) is 2.91. The van der Waals surface area contributed by atoms with Crippen LogP contribution in [0.2, 0.25) is 0 Å². The van der Waals surface area contributed by atoms with Crippen LogP contribution in [0.3, 0.4) is 0 Å². The monoisotopic (exact) mass is 295 g/mol. The Balaban J connectivity index is 2.09. The van der Waals surface area contributed by atoms with E-state index in [4.69, 9.17) is 0 Å². The molecule has 1 aliphatic heterocycles. The Hall–Kier alpha value is -1.23. The van der Waals surface area contributed by atoms with E-state index >= 15 is 0 Å². The summed E-state index contributed by atoms with van der Waals surface area (Å²) in [6.45, 7) is 5.01.